The van der Waals surface area contributed by atoms with Gasteiger partial charge in [0.05, 0.1) is 12.1 Å². The average molecular weight is 281 g/mol. The van der Waals surface area contributed by atoms with Gasteiger partial charge in [0.15, 0.2) is 0 Å². The van der Waals surface area contributed by atoms with Gasteiger partial charge in [-0.15, -0.1) is 11.3 Å². The molecule has 0 unspecified atom stereocenters. The maximum Gasteiger partial charge on any atom is 0.317 e. The Bertz CT molecular complexity index is 493. The zero-order chi connectivity index (χ0) is 14.3. The fourth-order valence-corrected chi connectivity index (χ4v) is 2.24. The summed E-state index contributed by atoms with van der Waals surface area (Å²) in [6, 6.07) is 3.63. The van der Waals surface area contributed by atoms with Crippen LogP contribution in [0.5, 0.6) is 0 Å². The van der Waals surface area contributed by atoms with E-state index >= 15 is 0 Å². The fraction of sp³-hybridized carbons (Fsp3) is 0.417. The SMILES string of the molecule is CCN(CCC(=O)Nc1sccc1C#N)CC(=O)O. The van der Waals surface area contributed by atoms with Gasteiger partial charge in [-0.25, -0.2) is 0 Å². The first-order chi connectivity index (χ1) is 9.06. The lowest BCUT2D eigenvalue weighted by molar-refractivity contribution is -0.138. The van der Waals surface area contributed by atoms with Crippen molar-refractivity contribution >= 4 is 28.2 Å². The normalized spacial score (nSPS) is 10.2. The van der Waals surface area contributed by atoms with Gasteiger partial charge in [0.25, 0.3) is 0 Å². The second kappa shape index (κ2) is 7.51. The molecule has 1 aromatic rings. The van der Waals surface area contributed by atoms with E-state index in [1.165, 1.54) is 11.3 Å². The van der Waals surface area contributed by atoms with Crippen LogP contribution in [0.2, 0.25) is 0 Å². The lowest BCUT2D eigenvalue weighted by Gasteiger charge is -2.17. The van der Waals surface area contributed by atoms with Crippen molar-refractivity contribution in [2.24, 2.45) is 0 Å². The molecule has 0 spiro atoms. The maximum absolute atomic E-state index is 11.7. The molecule has 0 bridgehead atoms. The second-order valence-corrected chi connectivity index (χ2v) is 4.75. The Morgan fingerprint density at radius 2 is 2.32 bits per heavy atom. The molecule has 0 aliphatic heterocycles. The first-order valence-corrected chi connectivity index (χ1v) is 6.66. The number of likely N-dealkylation sites (N-methyl/N-ethyl adjacent to an activating group) is 1. The predicted molar refractivity (Wildman–Crippen MR) is 72.0 cm³/mol. The smallest absolute Gasteiger partial charge is 0.317 e. The number of nitrogens with one attached hydrogen (secondary N) is 1. The van der Waals surface area contributed by atoms with Crippen LogP contribution in [-0.4, -0.2) is 41.5 Å². The van der Waals surface area contributed by atoms with Crippen LogP contribution in [-0.2, 0) is 9.59 Å². The van der Waals surface area contributed by atoms with Crippen molar-refractivity contribution in [3.8, 4) is 6.07 Å². The minimum atomic E-state index is -0.910. The van der Waals surface area contributed by atoms with Crippen LogP contribution in [0, 0.1) is 11.3 Å². The summed E-state index contributed by atoms with van der Waals surface area (Å²) in [6.07, 6.45) is 0.198. The van der Waals surface area contributed by atoms with Crippen LogP contribution in [0.15, 0.2) is 11.4 Å². The third-order valence-corrected chi connectivity index (χ3v) is 3.33. The van der Waals surface area contributed by atoms with Gasteiger partial charge >= 0.3 is 5.97 Å². The Kier molecular flexibility index (Phi) is 5.99. The van der Waals surface area contributed by atoms with E-state index in [2.05, 4.69) is 5.32 Å². The van der Waals surface area contributed by atoms with Crippen molar-refractivity contribution in [3.63, 3.8) is 0 Å². The van der Waals surface area contributed by atoms with Crippen molar-refractivity contribution in [2.75, 3.05) is 25.0 Å². The van der Waals surface area contributed by atoms with Gasteiger partial charge in [0.2, 0.25) is 5.91 Å². The summed E-state index contributed by atoms with van der Waals surface area (Å²) < 4.78 is 0. The highest BCUT2D eigenvalue weighted by Gasteiger charge is 2.12. The van der Waals surface area contributed by atoms with Crippen LogP contribution < -0.4 is 5.32 Å². The van der Waals surface area contributed by atoms with Gasteiger partial charge < -0.3 is 10.4 Å². The number of carbonyl (C=O) groups is 2. The third kappa shape index (κ3) is 5.07. The number of carboxylic acids is 1. The average Bonchev–Trinajstić information content (AvgIpc) is 2.81. The van der Waals surface area contributed by atoms with Crippen molar-refractivity contribution in [2.45, 2.75) is 13.3 Å². The standard InChI is InChI=1S/C12H15N3O3S/c1-2-15(8-11(17)18)5-3-10(16)14-12-9(7-13)4-6-19-12/h4,6H,2-3,5,8H2,1H3,(H,14,16)(H,17,18). The molecular weight excluding hydrogens is 266 g/mol. The molecule has 0 aliphatic rings. The molecule has 1 amide bonds. The quantitative estimate of drug-likeness (QED) is 0.787. The van der Waals surface area contributed by atoms with Crippen LogP contribution in [0.1, 0.15) is 18.9 Å². The molecule has 1 aromatic heterocycles. The lowest BCUT2D eigenvalue weighted by atomic mass is 10.3. The molecule has 0 radical (unpaired) electrons. The van der Waals surface area contributed by atoms with E-state index in [4.69, 9.17) is 10.4 Å². The molecule has 0 aliphatic carbocycles. The zero-order valence-corrected chi connectivity index (χ0v) is 11.4. The number of hydrogen-bond donors (Lipinski definition) is 2. The molecule has 6 nitrogen and oxygen atoms in total. The molecule has 7 heteroatoms. The zero-order valence-electron chi connectivity index (χ0n) is 10.5. The van der Waals surface area contributed by atoms with Gasteiger partial charge in [-0.05, 0) is 18.0 Å². The molecule has 2 N–H and O–H groups in total. The van der Waals surface area contributed by atoms with E-state index in [0.29, 0.717) is 23.7 Å². The molecule has 102 valence electrons. The summed E-state index contributed by atoms with van der Waals surface area (Å²) in [5, 5.41) is 22.4. The first kappa shape index (κ1) is 15.1. The summed E-state index contributed by atoms with van der Waals surface area (Å²) in [5.74, 6) is -1.13. The highest BCUT2D eigenvalue weighted by atomic mass is 32.1. The second-order valence-electron chi connectivity index (χ2n) is 3.84. The number of carboxylic acid groups (broad SMARTS) is 1. The molecular formula is C12H15N3O3S. The number of hydrogen-bond acceptors (Lipinski definition) is 5. The number of nitriles is 1. The summed E-state index contributed by atoms with van der Waals surface area (Å²) in [5.41, 5.74) is 0.441. The summed E-state index contributed by atoms with van der Waals surface area (Å²) in [7, 11) is 0. The van der Waals surface area contributed by atoms with E-state index in [1.807, 2.05) is 13.0 Å². The third-order valence-electron chi connectivity index (χ3n) is 2.50. The number of nitrogens with zero attached hydrogens (tertiary/aromatic N) is 2. The summed E-state index contributed by atoms with van der Waals surface area (Å²) >= 11 is 1.29. The van der Waals surface area contributed by atoms with Crippen LogP contribution in [0.25, 0.3) is 0 Å². The lowest BCUT2D eigenvalue weighted by Crippen LogP contribution is -2.32. The number of rotatable bonds is 7. The van der Waals surface area contributed by atoms with Crippen LogP contribution >= 0.6 is 11.3 Å². The molecule has 0 aromatic carbocycles. The minimum Gasteiger partial charge on any atom is -0.480 e. The van der Waals surface area contributed by atoms with E-state index in [1.54, 1.807) is 16.3 Å². The summed E-state index contributed by atoms with van der Waals surface area (Å²) in [4.78, 5) is 23.9. The fourth-order valence-electron chi connectivity index (χ4n) is 1.48. The van der Waals surface area contributed by atoms with Crippen LogP contribution in [0.3, 0.4) is 0 Å². The summed E-state index contributed by atoms with van der Waals surface area (Å²) in [6.45, 7) is 2.71. The Hall–Kier alpha value is -1.91. The molecule has 0 atom stereocenters. The topological polar surface area (TPSA) is 93.4 Å². The monoisotopic (exact) mass is 281 g/mol. The van der Waals surface area contributed by atoms with Crippen LogP contribution in [0.4, 0.5) is 5.00 Å². The maximum atomic E-state index is 11.7. The number of thiophene rings is 1. The molecule has 1 rings (SSSR count). The Morgan fingerprint density at radius 3 is 2.89 bits per heavy atom. The van der Waals surface area contributed by atoms with E-state index < -0.39 is 5.97 Å². The van der Waals surface area contributed by atoms with Crippen molar-refractivity contribution in [1.82, 2.24) is 4.90 Å². The number of anilines is 1. The van der Waals surface area contributed by atoms with Gasteiger partial charge in [0, 0.05) is 13.0 Å². The minimum absolute atomic E-state index is 0.0772. The van der Waals surface area contributed by atoms with Gasteiger partial charge in [-0.1, -0.05) is 6.92 Å². The highest BCUT2D eigenvalue weighted by Crippen LogP contribution is 2.22. The van der Waals surface area contributed by atoms with Gasteiger partial charge in [0.1, 0.15) is 11.1 Å². The van der Waals surface area contributed by atoms with Crippen molar-refractivity contribution in [1.29, 1.82) is 5.26 Å². The Morgan fingerprint density at radius 1 is 1.58 bits per heavy atom. The van der Waals surface area contributed by atoms with Crippen molar-refractivity contribution < 1.29 is 14.7 Å². The predicted octanol–water partition coefficient (Wildman–Crippen LogP) is 1.35. The Balaban J connectivity index is 2.43. The molecule has 1 heterocycles. The Labute approximate surface area is 115 Å². The van der Waals surface area contributed by atoms with Gasteiger partial charge in [-0.2, -0.15) is 5.26 Å². The van der Waals surface area contributed by atoms with E-state index in [9.17, 15) is 9.59 Å². The van der Waals surface area contributed by atoms with Gasteiger partial charge in [-0.3, -0.25) is 14.5 Å². The number of amides is 1. The molecule has 0 fully saturated rings. The number of aliphatic carboxylic acids is 1. The largest absolute Gasteiger partial charge is 0.480 e. The van der Waals surface area contributed by atoms with E-state index in [0.717, 1.165) is 0 Å². The molecule has 0 saturated heterocycles. The van der Waals surface area contributed by atoms with Crippen molar-refractivity contribution in [3.05, 3.63) is 17.0 Å². The molecule has 0 saturated carbocycles. The first-order valence-electron chi connectivity index (χ1n) is 5.78. The number of carbonyl (C=O) groups excluding carboxylic acids is 1. The highest BCUT2D eigenvalue weighted by molar-refractivity contribution is 7.14. The van der Waals surface area contributed by atoms with E-state index in [-0.39, 0.29) is 18.9 Å². The molecule has 19 heavy (non-hydrogen) atoms.